The fourth-order valence-electron chi connectivity index (χ4n) is 3.32. The number of amides is 1. The zero-order chi connectivity index (χ0) is 20.4. The van der Waals surface area contributed by atoms with Crippen molar-refractivity contribution in [1.29, 1.82) is 0 Å². The van der Waals surface area contributed by atoms with Gasteiger partial charge in [0.05, 0.1) is 26.2 Å². The highest BCUT2D eigenvalue weighted by molar-refractivity contribution is 7.17. The number of hydrogen-bond donors (Lipinski definition) is 1. The molecule has 2 aromatic carbocycles. The molecule has 1 amide bonds. The van der Waals surface area contributed by atoms with Gasteiger partial charge in [0.25, 0.3) is 5.91 Å². The molecule has 2 heterocycles. The number of nitrogens with one attached hydrogen (secondary N) is 1. The van der Waals surface area contributed by atoms with E-state index in [0.717, 1.165) is 27.3 Å². The first-order chi connectivity index (χ1) is 14.1. The van der Waals surface area contributed by atoms with E-state index in [1.54, 1.807) is 21.3 Å². The van der Waals surface area contributed by atoms with Crippen LogP contribution in [0.5, 0.6) is 23.0 Å². The Morgan fingerprint density at radius 2 is 1.79 bits per heavy atom. The van der Waals surface area contributed by atoms with Crippen LogP contribution in [0.15, 0.2) is 42.5 Å². The SMILES string of the molecule is COc1cc(CNC(=O)c2cc3c(s2)-c2ccccc2OC3)cc(OC)c1OC. The van der Waals surface area contributed by atoms with Crippen molar-refractivity contribution in [3.05, 3.63) is 58.5 Å². The summed E-state index contributed by atoms with van der Waals surface area (Å²) in [5, 5.41) is 2.97. The van der Waals surface area contributed by atoms with Crippen LogP contribution in [0.2, 0.25) is 0 Å². The molecule has 29 heavy (non-hydrogen) atoms. The van der Waals surface area contributed by atoms with E-state index in [1.807, 2.05) is 42.5 Å². The summed E-state index contributed by atoms with van der Waals surface area (Å²) in [4.78, 5) is 14.5. The van der Waals surface area contributed by atoms with Gasteiger partial charge in [-0.1, -0.05) is 12.1 Å². The third-order valence-electron chi connectivity index (χ3n) is 4.73. The summed E-state index contributed by atoms with van der Waals surface area (Å²) < 4.78 is 21.9. The van der Waals surface area contributed by atoms with E-state index in [-0.39, 0.29) is 5.91 Å². The van der Waals surface area contributed by atoms with E-state index in [0.29, 0.717) is 35.3 Å². The second-order valence-corrected chi connectivity index (χ2v) is 7.52. The van der Waals surface area contributed by atoms with Crippen molar-refractivity contribution < 1.29 is 23.7 Å². The molecule has 6 nitrogen and oxygen atoms in total. The van der Waals surface area contributed by atoms with Crippen molar-refractivity contribution in [2.75, 3.05) is 21.3 Å². The van der Waals surface area contributed by atoms with Crippen LogP contribution in [-0.2, 0) is 13.2 Å². The number of fused-ring (bicyclic) bond motifs is 3. The zero-order valence-electron chi connectivity index (χ0n) is 16.4. The number of hydrogen-bond acceptors (Lipinski definition) is 6. The van der Waals surface area contributed by atoms with Crippen molar-refractivity contribution in [3.8, 4) is 33.4 Å². The molecular weight excluding hydrogens is 390 g/mol. The molecule has 1 N–H and O–H groups in total. The molecule has 0 radical (unpaired) electrons. The first-order valence-corrected chi connectivity index (χ1v) is 9.88. The van der Waals surface area contributed by atoms with Crippen LogP contribution in [0.4, 0.5) is 0 Å². The van der Waals surface area contributed by atoms with Crippen LogP contribution in [0.1, 0.15) is 20.8 Å². The average Bonchev–Trinajstić information content (AvgIpc) is 3.21. The van der Waals surface area contributed by atoms with Crippen molar-refractivity contribution in [2.45, 2.75) is 13.2 Å². The molecule has 150 valence electrons. The average molecular weight is 411 g/mol. The maximum Gasteiger partial charge on any atom is 0.261 e. The summed E-state index contributed by atoms with van der Waals surface area (Å²) in [6.45, 7) is 0.814. The van der Waals surface area contributed by atoms with Gasteiger partial charge in [-0.25, -0.2) is 0 Å². The lowest BCUT2D eigenvalue weighted by Gasteiger charge is -2.16. The highest BCUT2D eigenvalue weighted by Crippen LogP contribution is 2.42. The van der Waals surface area contributed by atoms with Crippen molar-refractivity contribution >= 4 is 17.2 Å². The maximum atomic E-state index is 12.8. The quantitative estimate of drug-likeness (QED) is 0.656. The van der Waals surface area contributed by atoms with Crippen molar-refractivity contribution in [2.24, 2.45) is 0 Å². The first kappa shape index (κ1) is 19.1. The highest BCUT2D eigenvalue weighted by atomic mass is 32.1. The maximum absolute atomic E-state index is 12.8. The Labute approximate surface area is 173 Å². The third kappa shape index (κ3) is 3.61. The number of methoxy groups -OCH3 is 3. The van der Waals surface area contributed by atoms with Gasteiger partial charge in [0.15, 0.2) is 11.5 Å². The number of carbonyl (C=O) groups excluding carboxylic acids is 1. The minimum absolute atomic E-state index is 0.129. The number of benzene rings is 2. The molecule has 7 heteroatoms. The van der Waals surface area contributed by atoms with Crippen LogP contribution < -0.4 is 24.3 Å². The van der Waals surface area contributed by atoms with Gasteiger partial charge in [-0.05, 0) is 35.9 Å². The topological polar surface area (TPSA) is 66.0 Å². The van der Waals surface area contributed by atoms with Crippen LogP contribution in [0.25, 0.3) is 10.4 Å². The molecule has 0 atom stereocenters. The normalized spacial score (nSPS) is 11.7. The Balaban J connectivity index is 1.53. The number of thiophene rings is 1. The standard InChI is InChI=1S/C22H21NO5S/c1-25-17-8-13(9-18(26-2)20(17)27-3)11-23-22(24)19-10-14-12-28-16-7-5-4-6-15(16)21(14)29-19/h4-10H,11-12H2,1-3H3,(H,23,24). The molecular formula is C22H21NO5S. The Morgan fingerprint density at radius 3 is 2.48 bits per heavy atom. The first-order valence-electron chi connectivity index (χ1n) is 9.06. The van der Waals surface area contributed by atoms with Crippen LogP contribution >= 0.6 is 11.3 Å². The Bertz CT molecular complexity index is 1030. The molecule has 4 rings (SSSR count). The monoisotopic (exact) mass is 411 g/mol. The molecule has 1 aliphatic heterocycles. The Kier molecular flexibility index (Phi) is 5.31. The van der Waals surface area contributed by atoms with E-state index in [2.05, 4.69) is 5.32 Å². The molecule has 3 aromatic rings. The predicted molar refractivity (Wildman–Crippen MR) is 111 cm³/mol. The second kappa shape index (κ2) is 8.05. The van der Waals surface area contributed by atoms with Gasteiger partial charge >= 0.3 is 0 Å². The largest absolute Gasteiger partial charge is 0.493 e. The molecule has 0 fully saturated rings. The van der Waals surface area contributed by atoms with Crippen LogP contribution in [0.3, 0.4) is 0 Å². The lowest BCUT2D eigenvalue weighted by atomic mass is 10.1. The van der Waals surface area contributed by atoms with Crippen LogP contribution in [0, 0.1) is 0 Å². The molecule has 0 saturated carbocycles. The van der Waals surface area contributed by atoms with Gasteiger partial charge in [0.2, 0.25) is 5.75 Å². The summed E-state index contributed by atoms with van der Waals surface area (Å²) in [5.41, 5.74) is 2.91. The Morgan fingerprint density at radius 1 is 1.07 bits per heavy atom. The van der Waals surface area contributed by atoms with Gasteiger partial charge in [-0.3, -0.25) is 4.79 Å². The van der Waals surface area contributed by atoms with Crippen LogP contribution in [-0.4, -0.2) is 27.2 Å². The number of rotatable bonds is 6. The van der Waals surface area contributed by atoms with Crippen molar-refractivity contribution in [3.63, 3.8) is 0 Å². The minimum Gasteiger partial charge on any atom is -0.493 e. The molecule has 1 aliphatic rings. The van der Waals surface area contributed by atoms with E-state index in [1.165, 1.54) is 11.3 Å². The summed E-state index contributed by atoms with van der Waals surface area (Å²) in [7, 11) is 4.69. The second-order valence-electron chi connectivity index (χ2n) is 6.47. The molecule has 0 bridgehead atoms. The van der Waals surface area contributed by atoms with E-state index < -0.39 is 0 Å². The van der Waals surface area contributed by atoms with Gasteiger partial charge < -0.3 is 24.3 Å². The molecule has 0 unspecified atom stereocenters. The molecule has 0 spiro atoms. The van der Waals surface area contributed by atoms with E-state index in [4.69, 9.17) is 18.9 Å². The molecule has 1 aromatic heterocycles. The summed E-state index contributed by atoms with van der Waals surface area (Å²) in [6, 6.07) is 13.4. The molecule has 0 aliphatic carbocycles. The van der Waals surface area contributed by atoms with Gasteiger partial charge in [0, 0.05) is 22.5 Å². The number of ether oxygens (including phenoxy) is 4. The summed E-state index contributed by atoms with van der Waals surface area (Å²) >= 11 is 1.48. The fourth-order valence-corrected chi connectivity index (χ4v) is 4.43. The fraction of sp³-hybridized carbons (Fsp3) is 0.227. The lowest BCUT2D eigenvalue weighted by Crippen LogP contribution is -2.21. The Hall–Kier alpha value is -3.19. The van der Waals surface area contributed by atoms with Gasteiger partial charge in [0.1, 0.15) is 12.4 Å². The number of carbonyl (C=O) groups is 1. The smallest absolute Gasteiger partial charge is 0.261 e. The number of para-hydroxylation sites is 1. The third-order valence-corrected chi connectivity index (χ3v) is 5.93. The van der Waals surface area contributed by atoms with Gasteiger partial charge in [-0.2, -0.15) is 0 Å². The lowest BCUT2D eigenvalue weighted by molar-refractivity contribution is 0.0954. The predicted octanol–water partition coefficient (Wildman–Crippen LogP) is 4.26. The highest BCUT2D eigenvalue weighted by Gasteiger charge is 2.22. The van der Waals surface area contributed by atoms with E-state index in [9.17, 15) is 4.79 Å². The summed E-state index contributed by atoms with van der Waals surface area (Å²) in [6.07, 6.45) is 0. The molecule has 0 saturated heterocycles. The zero-order valence-corrected chi connectivity index (χ0v) is 17.2. The van der Waals surface area contributed by atoms with Gasteiger partial charge in [-0.15, -0.1) is 11.3 Å². The van der Waals surface area contributed by atoms with Crippen molar-refractivity contribution in [1.82, 2.24) is 5.32 Å². The van der Waals surface area contributed by atoms with E-state index >= 15 is 0 Å². The summed E-state index contributed by atoms with van der Waals surface area (Å²) in [5.74, 6) is 2.35. The minimum atomic E-state index is -0.129.